The van der Waals surface area contributed by atoms with Crippen molar-refractivity contribution in [1.82, 2.24) is 4.57 Å². The molecule has 2 heterocycles. The van der Waals surface area contributed by atoms with Crippen molar-refractivity contribution < 1.29 is 4.74 Å². The SMILES string of the molecule is COc1ccc2cc3n(c2c1)CC(N)C3. The Hall–Kier alpha value is -1.48. The molecule has 15 heavy (non-hydrogen) atoms. The van der Waals surface area contributed by atoms with Crippen LogP contribution in [0.25, 0.3) is 10.9 Å². The first-order valence-corrected chi connectivity index (χ1v) is 5.19. The van der Waals surface area contributed by atoms with Gasteiger partial charge in [-0.2, -0.15) is 0 Å². The molecule has 1 aliphatic heterocycles. The van der Waals surface area contributed by atoms with Gasteiger partial charge in [-0.15, -0.1) is 0 Å². The minimum absolute atomic E-state index is 0.274. The van der Waals surface area contributed by atoms with Crippen LogP contribution in [-0.4, -0.2) is 17.7 Å². The summed E-state index contributed by atoms with van der Waals surface area (Å²) in [5.41, 5.74) is 8.51. The molecule has 2 aromatic rings. The first-order chi connectivity index (χ1) is 7.28. The summed E-state index contributed by atoms with van der Waals surface area (Å²) in [6, 6.07) is 8.68. The van der Waals surface area contributed by atoms with Crippen LogP contribution in [0.5, 0.6) is 5.75 Å². The number of ether oxygens (including phenoxy) is 1. The predicted octanol–water partition coefficient (Wildman–Crippen LogP) is 1.53. The smallest absolute Gasteiger partial charge is 0.120 e. The molecule has 0 amide bonds. The molecule has 0 saturated carbocycles. The van der Waals surface area contributed by atoms with Gasteiger partial charge < -0.3 is 15.0 Å². The van der Waals surface area contributed by atoms with Crippen molar-refractivity contribution >= 4 is 10.9 Å². The van der Waals surface area contributed by atoms with Crippen LogP contribution in [-0.2, 0) is 13.0 Å². The summed E-state index contributed by atoms with van der Waals surface area (Å²) < 4.78 is 7.53. The van der Waals surface area contributed by atoms with Crippen LogP contribution in [0.3, 0.4) is 0 Å². The predicted molar refractivity (Wildman–Crippen MR) is 60.2 cm³/mol. The fraction of sp³-hybridized carbons (Fsp3) is 0.333. The van der Waals surface area contributed by atoms with Gasteiger partial charge in [-0.25, -0.2) is 0 Å². The number of hydrogen-bond acceptors (Lipinski definition) is 2. The zero-order chi connectivity index (χ0) is 10.4. The third-order valence-electron chi connectivity index (χ3n) is 3.09. The topological polar surface area (TPSA) is 40.2 Å². The number of hydrogen-bond donors (Lipinski definition) is 1. The number of aromatic nitrogens is 1. The number of nitrogens with two attached hydrogens (primary N) is 1. The Balaban J connectivity index is 2.22. The molecule has 0 fully saturated rings. The summed E-state index contributed by atoms with van der Waals surface area (Å²) in [4.78, 5) is 0. The molecule has 1 aliphatic rings. The quantitative estimate of drug-likeness (QED) is 0.761. The highest BCUT2D eigenvalue weighted by Crippen LogP contribution is 2.28. The Morgan fingerprint density at radius 2 is 2.27 bits per heavy atom. The maximum Gasteiger partial charge on any atom is 0.120 e. The van der Waals surface area contributed by atoms with E-state index in [4.69, 9.17) is 10.5 Å². The molecule has 2 N–H and O–H groups in total. The van der Waals surface area contributed by atoms with Crippen LogP contribution in [0.2, 0.25) is 0 Å². The zero-order valence-corrected chi connectivity index (χ0v) is 8.73. The van der Waals surface area contributed by atoms with Crippen LogP contribution in [0, 0.1) is 0 Å². The molecule has 0 spiro atoms. The Kier molecular flexibility index (Phi) is 1.76. The molecule has 3 nitrogen and oxygen atoms in total. The summed E-state index contributed by atoms with van der Waals surface area (Å²) in [5.74, 6) is 0.906. The van der Waals surface area contributed by atoms with Crippen molar-refractivity contribution in [3.05, 3.63) is 30.0 Å². The van der Waals surface area contributed by atoms with E-state index >= 15 is 0 Å². The van der Waals surface area contributed by atoms with E-state index in [0.717, 1.165) is 18.7 Å². The van der Waals surface area contributed by atoms with Gasteiger partial charge in [0, 0.05) is 36.2 Å². The Labute approximate surface area is 88.4 Å². The third kappa shape index (κ3) is 1.23. The van der Waals surface area contributed by atoms with E-state index in [1.54, 1.807) is 7.11 Å². The van der Waals surface area contributed by atoms with Crippen molar-refractivity contribution in [2.24, 2.45) is 5.73 Å². The lowest BCUT2D eigenvalue weighted by molar-refractivity contribution is 0.415. The van der Waals surface area contributed by atoms with E-state index < -0.39 is 0 Å². The summed E-state index contributed by atoms with van der Waals surface area (Å²) >= 11 is 0. The average Bonchev–Trinajstić information content (AvgIpc) is 2.73. The number of methoxy groups -OCH3 is 1. The van der Waals surface area contributed by atoms with Crippen LogP contribution in [0.15, 0.2) is 24.3 Å². The van der Waals surface area contributed by atoms with E-state index in [1.807, 2.05) is 6.07 Å². The molecule has 0 aliphatic carbocycles. The maximum absolute atomic E-state index is 5.94. The highest BCUT2D eigenvalue weighted by molar-refractivity contribution is 5.83. The van der Waals surface area contributed by atoms with Crippen LogP contribution in [0.4, 0.5) is 0 Å². The van der Waals surface area contributed by atoms with Gasteiger partial charge in [-0.05, 0) is 18.2 Å². The molecule has 1 aromatic carbocycles. The van der Waals surface area contributed by atoms with Gasteiger partial charge in [0.1, 0.15) is 5.75 Å². The first kappa shape index (κ1) is 8.80. The summed E-state index contributed by atoms with van der Waals surface area (Å²) in [5, 5.41) is 1.28. The fourth-order valence-corrected chi connectivity index (χ4v) is 2.37. The Morgan fingerprint density at radius 3 is 3.07 bits per heavy atom. The van der Waals surface area contributed by atoms with E-state index in [0.29, 0.717) is 0 Å². The van der Waals surface area contributed by atoms with Crippen molar-refractivity contribution in [1.29, 1.82) is 0 Å². The molecule has 1 unspecified atom stereocenters. The molecule has 0 saturated heterocycles. The molecular formula is C12H14N2O. The standard InChI is InChI=1S/C12H14N2O/c1-15-11-3-2-8-4-10-5-9(13)7-14(10)12(8)6-11/h2-4,6,9H,5,7,13H2,1H3. The molecule has 78 valence electrons. The van der Waals surface area contributed by atoms with Gasteiger partial charge in [0.2, 0.25) is 0 Å². The lowest BCUT2D eigenvalue weighted by Crippen LogP contribution is -2.20. The van der Waals surface area contributed by atoms with E-state index in [-0.39, 0.29) is 6.04 Å². The number of benzene rings is 1. The molecule has 1 aromatic heterocycles. The number of nitrogens with zero attached hydrogens (tertiary/aromatic N) is 1. The fourth-order valence-electron chi connectivity index (χ4n) is 2.37. The number of rotatable bonds is 1. The largest absolute Gasteiger partial charge is 0.497 e. The highest BCUT2D eigenvalue weighted by atomic mass is 16.5. The number of fused-ring (bicyclic) bond motifs is 3. The summed E-state index contributed by atoms with van der Waals surface area (Å²) in [6.07, 6.45) is 0.983. The van der Waals surface area contributed by atoms with Crippen molar-refractivity contribution in [3.63, 3.8) is 0 Å². The lowest BCUT2D eigenvalue weighted by atomic mass is 10.2. The minimum Gasteiger partial charge on any atom is -0.497 e. The van der Waals surface area contributed by atoms with Gasteiger partial charge in [0.15, 0.2) is 0 Å². The van der Waals surface area contributed by atoms with Gasteiger partial charge >= 0.3 is 0 Å². The van der Waals surface area contributed by atoms with Crippen molar-refractivity contribution in [2.45, 2.75) is 19.0 Å². The third-order valence-corrected chi connectivity index (χ3v) is 3.09. The second-order valence-electron chi connectivity index (χ2n) is 4.14. The molecule has 3 rings (SSSR count). The van der Waals surface area contributed by atoms with Gasteiger partial charge in [-0.3, -0.25) is 0 Å². The average molecular weight is 202 g/mol. The summed E-state index contributed by atoms with van der Waals surface area (Å²) in [6.45, 7) is 0.923. The van der Waals surface area contributed by atoms with Crippen LogP contribution < -0.4 is 10.5 Å². The van der Waals surface area contributed by atoms with E-state index in [9.17, 15) is 0 Å². The molecule has 3 heteroatoms. The first-order valence-electron chi connectivity index (χ1n) is 5.19. The molecular weight excluding hydrogens is 188 g/mol. The highest BCUT2D eigenvalue weighted by Gasteiger charge is 2.20. The Bertz CT molecular complexity index is 516. The van der Waals surface area contributed by atoms with Crippen molar-refractivity contribution in [2.75, 3.05) is 7.11 Å². The zero-order valence-electron chi connectivity index (χ0n) is 8.73. The van der Waals surface area contributed by atoms with Crippen LogP contribution >= 0.6 is 0 Å². The van der Waals surface area contributed by atoms with Crippen molar-refractivity contribution in [3.8, 4) is 5.75 Å². The Morgan fingerprint density at radius 1 is 1.40 bits per heavy atom. The van der Waals surface area contributed by atoms with Gasteiger partial charge in [0.05, 0.1) is 12.6 Å². The van der Waals surface area contributed by atoms with Crippen LogP contribution in [0.1, 0.15) is 5.69 Å². The monoisotopic (exact) mass is 202 g/mol. The normalized spacial score (nSPS) is 19.5. The minimum atomic E-state index is 0.274. The van der Waals surface area contributed by atoms with E-state index in [1.165, 1.54) is 16.6 Å². The second kappa shape index (κ2) is 3.00. The molecule has 1 atom stereocenters. The molecule has 0 bridgehead atoms. The lowest BCUT2D eigenvalue weighted by Gasteiger charge is -2.04. The molecule has 0 radical (unpaired) electrons. The second-order valence-corrected chi connectivity index (χ2v) is 4.14. The van der Waals surface area contributed by atoms with E-state index in [2.05, 4.69) is 22.8 Å². The summed E-state index contributed by atoms with van der Waals surface area (Å²) in [7, 11) is 1.70. The van der Waals surface area contributed by atoms with Gasteiger partial charge in [-0.1, -0.05) is 0 Å². The van der Waals surface area contributed by atoms with Gasteiger partial charge in [0.25, 0.3) is 0 Å². The maximum atomic E-state index is 5.94.